The van der Waals surface area contributed by atoms with E-state index in [1.54, 1.807) is 24.0 Å². The van der Waals surface area contributed by atoms with Gasteiger partial charge in [-0.05, 0) is 6.07 Å². The highest BCUT2D eigenvalue weighted by atomic mass is 16.3. The summed E-state index contributed by atoms with van der Waals surface area (Å²) >= 11 is 0. The van der Waals surface area contributed by atoms with Crippen LogP contribution in [0.5, 0.6) is 6.01 Å². The summed E-state index contributed by atoms with van der Waals surface area (Å²) in [6.45, 7) is 0. The molecule has 4 heteroatoms. The number of aryl methyl sites for hydroxylation is 1. The molecule has 0 unspecified atom stereocenters. The SMILES string of the molecule is Cn1nc([O-])[n+]2ccccc12. The van der Waals surface area contributed by atoms with E-state index in [1.807, 2.05) is 12.1 Å². The maximum atomic E-state index is 11.0. The topological polar surface area (TPSA) is 45.0 Å². The molecule has 0 aliphatic heterocycles. The molecule has 0 spiro atoms. The Morgan fingerprint density at radius 1 is 1.55 bits per heavy atom. The Morgan fingerprint density at radius 2 is 2.36 bits per heavy atom. The Balaban J connectivity index is 2.95. The first-order valence-corrected chi connectivity index (χ1v) is 3.29. The lowest BCUT2D eigenvalue weighted by atomic mass is 10.5. The average molecular weight is 149 g/mol. The van der Waals surface area contributed by atoms with E-state index >= 15 is 0 Å². The Bertz CT molecular complexity index is 357. The molecule has 0 N–H and O–H groups in total. The van der Waals surface area contributed by atoms with E-state index in [1.165, 1.54) is 4.40 Å². The van der Waals surface area contributed by atoms with Crippen molar-refractivity contribution in [2.45, 2.75) is 0 Å². The van der Waals surface area contributed by atoms with Crippen LogP contribution in [0.15, 0.2) is 24.4 Å². The number of aromatic nitrogens is 3. The molecule has 0 atom stereocenters. The van der Waals surface area contributed by atoms with Gasteiger partial charge in [0.1, 0.15) is 0 Å². The first kappa shape index (κ1) is 6.15. The van der Waals surface area contributed by atoms with Gasteiger partial charge in [0.25, 0.3) is 5.65 Å². The van der Waals surface area contributed by atoms with Crippen LogP contribution in [-0.2, 0) is 7.05 Å². The molecule has 0 aliphatic carbocycles. The molecule has 0 fully saturated rings. The molecule has 0 amide bonds. The highest BCUT2D eigenvalue weighted by Gasteiger charge is 2.06. The van der Waals surface area contributed by atoms with E-state index in [-0.39, 0.29) is 6.01 Å². The van der Waals surface area contributed by atoms with Crippen LogP contribution < -0.4 is 9.51 Å². The standard InChI is InChI=1S/C7H7N3O/c1-9-6-4-2-3-5-10(6)7(11)8-9/h2-5H,1H3. The van der Waals surface area contributed by atoms with Crippen LogP contribution in [0, 0.1) is 0 Å². The summed E-state index contributed by atoms with van der Waals surface area (Å²) in [5.74, 6) is 0. The van der Waals surface area contributed by atoms with Crippen molar-refractivity contribution in [2.75, 3.05) is 0 Å². The third kappa shape index (κ3) is 0.756. The van der Waals surface area contributed by atoms with Gasteiger partial charge in [-0.15, -0.1) is 4.68 Å². The molecule has 0 aliphatic rings. The Hall–Kier alpha value is -1.58. The van der Waals surface area contributed by atoms with Gasteiger partial charge in [-0.1, -0.05) is 6.07 Å². The normalized spacial score (nSPS) is 10.6. The zero-order chi connectivity index (χ0) is 7.84. The quantitative estimate of drug-likeness (QED) is 0.462. The molecule has 0 saturated heterocycles. The molecular weight excluding hydrogens is 142 g/mol. The summed E-state index contributed by atoms with van der Waals surface area (Å²) < 4.78 is 3.06. The minimum atomic E-state index is -0.233. The number of rotatable bonds is 0. The van der Waals surface area contributed by atoms with Crippen molar-refractivity contribution in [3.05, 3.63) is 24.4 Å². The lowest BCUT2D eigenvalue weighted by Crippen LogP contribution is -2.23. The van der Waals surface area contributed by atoms with Crippen LogP contribution in [0.25, 0.3) is 5.65 Å². The molecule has 2 aromatic heterocycles. The van der Waals surface area contributed by atoms with Gasteiger partial charge in [0.15, 0.2) is 0 Å². The van der Waals surface area contributed by atoms with Gasteiger partial charge in [-0.2, -0.15) is 0 Å². The Kier molecular flexibility index (Phi) is 1.09. The summed E-state index contributed by atoms with van der Waals surface area (Å²) in [6.07, 6.45) is 1.70. The fourth-order valence-electron chi connectivity index (χ4n) is 1.09. The lowest BCUT2D eigenvalue weighted by molar-refractivity contribution is -0.586. The van der Waals surface area contributed by atoms with Crippen molar-refractivity contribution in [3.63, 3.8) is 0 Å². The number of hydrogen-bond donors (Lipinski definition) is 0. The van der Waals surface area contributed by atoms with Crippen LogP contribution in [0.4, 0.5) is 0 Å². The molecule has 0 aromatic carbocycles. The smallest absolute Gasteiger partial charge is 0.263 e. The molecular formula is C7H7N3O. The highest BCUT2D eigenvalue weighted by Crippen LogP contribution is 1.97. The van der Waals surface area contributed by atoms with Crippen LogP contribution in [0.1, 0.15) is 0 Å². The molecule has 11 heavy (non-hydrogen) atoms. The zero-order valence-electron chi connectivity index (χ0n) is 6.06. The molecule has 56 valence electrons. The first-order valence-electron chi connectivity index (χ1n) is 3.29. The van der Waals surface area contributed by atoms with Crippen LogP contribution in [0.3, 0.4) is 0 Å². The van der Waals surface area contributed by atoms with Crippen molar-refractivity contribution in [1.82, 2.24) is 9.78 Å². The second-order valence-corrected chi connectivity index (χ2v) is 2.34. The van der Waals surface area contributed by atoms with Gasteiger partial charge >= 0.3 is 0 Å². The van der Waals surface area contributed by atoms with Crippen molar-refractivity contribution in [1.29, 1.82) is 0 Å². The van der Waals surface area contributed by atoms with Gasteiger partial charge < -0.3 is 5.11 Å². The summed E-state index contributed by atoms with van der Waals surface area (Å²) in [4.78, 5) is 0. The van der Waals surface area contributed by atoms with Crippen LogP contribution in [-0.4, -0.2) is 9.78 Å². The minimum Gasteiger partial charge on any atom is -0.817 e. The van der Waals surface area contributed by atoms with Crippen molar-refractivity contribution >= 4 is 5.65 Å². The van der Waals surface area contributed by atoms with Crippen LogP contribution >= 0.6 is 0 Å². The van der Waals surface area contributed by atoms with E-state index in [0.717, 1.165) is 5.65 Å². The number of fused-ring (bicyclic) bond motifs is 1. The number of hydrogen-bond acceptors (Lipinski definition) is 2. The highest BCUT2D eigenvalue weighted by molar-refractivity contribution is 5.28. The monoisotopic (exact) mass is 149 g/mol. The van der Waals surface area contributed by atoms with E-state index in [0.29, 0.717) is 0 Å². The summed E-state index contributed by atoms with van der Waals surface area (Å²) in [7, 11) is 1.75. The van der Waals surface area contributed by atoms with Gasteiger partial charge in [0, 0.05) is 11.2 Å². The molecule has 0 saturated carbocycles. The van der Waals surface area contributed by atoms with Crippen molar-refractivity contribution in [3.8, 4) is 6.01 Å². The van der Waals surface area contributed by atoms with Gasteiger partial charge in [0.05, 0.1) is 13.2 Å². The summed E-state index contributed by atoms with van der Waals surface area (Å²) in [5, 5.41) is 14.7. The molecule has 0 bridgehead atoms. The second-order valence-electron chi connectivity index (χ2n) is 2.34. The summed E-state index contributed by atoms with van der Waals surface area (Å²) in [5.41, 5.74) is 0.803. The number of nitrogens with zero attached hydrogens (tertiary/aromatic N) is 3. The van der Waals surface area contributed by atoms with Crippen LogP contribution in [0.2, 0.25) is 0 Å². The van der Waals surface area contributed by atoms with E-state index in [9.17, 15) is 5.11 Å². The third-order valence-corrected chi connectivity index (χ3v) is 1.61. The summed E-state index contributed by atoms with van der Waals surface area (Å²) in [6, 6.07) is 5.28. The Labute approximate surface area is 63.3 Å². The van der Waals surface area contributed by atoms with Gasteiger partial charge in [-0.3, -0.25) is 0 Å². The molecule has 4 nitrogen and oxygen atoms in total. The molecule has 0 radical (unpaired) electrons. The largest absolute Gasteiger partial charge is 0.817 e. The second kappa shape index (κ2) is 1.95. The fourth-order valence-corrected chi connectivity index (χ4v) is 1.09. The minimum absolute atomic E-state index is 0.233. The lowest BCUT2D eigenvalue weighted by Gasteiger charge is -1.89. The molecule has 2 heterocycles. The first-order chi connectivity index (χ1) is 5.29. The van der Waals surface area contributed by atoms with E-state index < -0.39 is 0 Å². The zero-order valence-corrected chi connectivity index (χ0v) is 6.06. The Morgan fingerprint density at radius 3 is 3.09 bits per heavy atom. The third-order valence-electron chi connectivity index (χ3n) is 1.61. The number of pyridine rings is 1. The van der Waals surface area contributed by atoms with E-state index in [4.69, 9.17) is 0 Å². The predicted molar refractivity (Wildman–Crippen MR) is 35.8 cm³/mol. The van der Waals surface area contributed by atoms with E-state index in [2.05, 4.69) is 5.10 Å². The molecule has 2 aromatic rings. The van der Waals surface area contributed by atoms with Gasteiger partial charge in [0.2, 0.25) is 6.01 Å². The predicted octanol–water partition coefficient (Wildman–Crippen LogP) is -0.768. The molecule has 2 rings (SSSR count). The van der Waals surface area contributed by atoms with Gasteiger partial charge in [-0.25, -0.2) is 4.40 Å². The fraction of sp³-hybridized carbons (Fsp3) is 0.143. The van der Waals surface area contributed by atoms with Crippen molar-refractivity contribution in [2.24, 2.45) is 7.05 Å². The van der Waals surface area contributed by atoms with Crippen molar-refractivity contribution < 1.29 is 9.51 Å². The maximum Gasteiger partial charge on any atom is 0.263 e. The maximum absolute atomic E-state index is 11.0. The average Bonchev–Trinajstić information content (AvgIpc) is 2.30.